The lowest BCUT2D eigenvalue weighted by atomic mass is 9.96. The SMILES string of the molecule is Cc1ccc(-c2noc(C3CCN(C(=O)C4=Cc5ccccc5OC4)CC3)n2)cc1. The van der Waals surface area contributed by atoms with Gasteiger partial charge < -0.3 is 14.2 Å². The lowest BCUT2D eigenvalue weighted by Crippen LogP contribution is -2.40. The predicted molar refractivity (Wildman–Crippen MR) is 113 cm³/mol. The standard InChI is InChI=1S/C24H23N3O3/c1-16-6-8-17(9-7-16)22-25-23(30-26-22)18-10-12-27(13-11-18)24(28)20-14-19-4-2-3-5-21(19)29-15-20/h2-9,14,18H,10-13,15H2,1H3. The lowest BCUT2D eigenvalue weighted by Gasteiger charge is -2.31. The molecule has 6 nitrogen and oxygen atoms in total. The van der Waals surface area contributed by atoms with E-state index in [2.05, 4.69) is 17.1 Å². The van der Waals surface area contributed by atoms with E-state index in [9.17, 15) is 4.79 Å². The maximum atomic E-state index is 12.9. The highest BCUT2D eigenvalue weighted by Gasteiger charge is 2.30. The highest BCUT2D eigenvalue weighted by atomic mass is 16.5. The number of hydrogen-bond donors (Lipinski definition) is 0. The van der Waals surface area contributed by atoms with Gasteiger partial charge in [-0.2, -0.15) is 4.98 Å². The van der Waals surface area contributed by atoms with Crippen LogP contribution in [-0.4, -0.2) is 40.6 Å². The zero-order valence-electron chi connectivity index (χ0n) is 16.9. The third-order valence-corrected chi connectivity index (χ3v) is 5.79. The molecule has 0 N–H and O–H groups in total. The first kappa shape index (κ1) is 18.6. The van der Waals surface area contributed by atoms with Crippen molar-refractivity contribution in [2.24, 2.45) is 0 Å². The Morgan fingerprint density at radius 3 is 2.63 bits per heavy atom. The van der Waals surface area contributed by atoms with Gasteiger partial charge in [0.15, 0.2) is 0 Å². The van der Waals surface area contributed by atoms with E-state index in [4.69, 9.17) is 9.26 Å². The van der Waals surface area contributed by atoms with Crippen LogP contribution in [0.15, 0.2) is 58.6 Å². The van der Waals surface area contributed by atoms with Gasteiger partial charge in [0, 0.05) is 30.1 Å². The molecular formula is C24H23N3O3. The van der Waals surface area contributed by atoms with Crippen molar-refractivity contribution in [2.75, 3.05) is 19.7 Å². The summed E-state index contributed by atoms with van der Waals surface area (Å²) in [6.07, 6.45) is 3.57. The van der Waals surface area contributed by atoms with Crippen molar-refractivity contribution < 1.29 is 14.1 Å². The number of likely N-dealkylation sites (tertiary alicyclic amines) is 1. The molecule has 0 saturated carbocycles. The van der Waals surface area contributed by atoms with E-state index in [1.165, 1.54) is 5.56 Å². The fourth-order valence-corrected chi connectivity index (χ4v) is 3.99. The smallest absolute Gasteiger partial charge is 0.253 e. The average molecular weight is 401 g/mol. The first-order valence-corrected chi connectivity index (χ1v) is 10.3. The van der Waals surface area contributed by atoms with Crippen molar-refractivity contribution in [3.8, 4) is 17.1 Å². The second kappa shape index (κ2) is 7.78. The molecule has 0 unspecified atom stereocenters. The summed E-state index contributed by atoms with van der Waals surface area (Å²) < 4.78 is 11.3. The molecule has 1 saturated heterocycles. The van der Waals surface area contributed by atoms with Crippen molar-refractivity contribution >= 4 is 12.0 Å². The van der Waals surface area contributed by atoms with Gasteiger partial charge in [-0.15, -0.1) is 0 Å². The van der Waals surface area contributed by atoms with E-state index in [0.29, 0.717) is 37.0 Å². The third-order valence-electron chi connectivity index (χ3n) is 5.79. The average Bonchev–Trinajstić information content (AvgIpc) is 3.29. The molecule has 3 aromatic rings. The number of benzene rings is 2. The number of nitrogens with zero attached hydrogens (tertiary/aromatic N) is 3. The van der Waals surface area contributed by atoms with Crippen LogP contribution >= 0.6 is 0 Å². The van der Waals surface area contributed by atoms with Gasteiger partial charge in [-0.1, -0.05) is 53.2 Å². The van der Waals surface area contributed by atoms with Crippen LogP contribution in [0.4, 0.5) is 0 Å². The Balaban J connectivity index is 1.23. The summed E-state index contributed by atoms with van der Waals surface area (Å²) >= 11 is 0. The van der Waals surface area contributed by atoms with Crippen LogP contribution in [0.25, 0.3) is 17.5 Å². The number of hydrogen-bond acceptors (Lipinski definition) is 5. The molecule has 3 heterocycles. The van der Waals surface area contributed by atoms with Gasteiger partial charge in [-0.05, 0) is 31.9 Å². The Morgan fingerprint density at radius 2 is 1.83 bits per heavy atom. The van der Waals surface area contributed by atoms with Crippen LogP contribution in [0, 0.1) is 6.92 Å². The van der Waals surface area contributed by atoms with Crippen LogP contribution in [0.5, 0.6) is 5.75 Å². The molecule has 6 heteroatoms. The number of carbonyl (C=O) groups excluding carboxylic acids is 1. The topological polar surface area (TPSA) is 68.5 Å². The summed E-state index contributed by atoms with van der Waals surface area (Å²) in [6, 6.07) is 15.9. The van der Waals surface area contributed by atoms with Crippen molar-refractivity contribution in [1.29, 1.82) is 0 Å². The number of ether oxygens (including phenoxy) is 1. The largest absolute Gasteiger partial charge is 0.488 e. The Hall–Kier alpha value is -3.41. The molecule has 152 valence electrons. The summed E-state index contributed by atoms with van der Waals surface area (Å²) in [6.45, 7) is 3.71. The summed E-state index contributed by atoms with van der Waals surface area (Å²) in [7, 11) is 0. The van der Waals surface area contributed by atoms with Gasteiger partial charge in [0.2, 0.25) is 11.7 Å². The maximum Gasteiger partial charge on any atom is 0.253 e. The van der Waals surface area contributed by atoms with E-state index in [1.54, 1.807) is 0 Å². The first-order chi connectivity index (χ1) is 14.7. The van der Waals surface area contributed by atoms with Crippen LogP contribution in [0.1, 0.15) is 35.8 Å². The number of fused-ring (bicyclic) bond motifs is 1. The van der Waals surface area contributed by atoms with E-state index in [1.807, 2.05) is 59.5 Å². The highest BCUT2D eigenvalue weighted by Crippen LogP contribution is 2.31. The number of para-hydroxylation sites is 1. The summed E-state index contributed by atoms with van der Waals surface area (Å²) in [5, 5.41) is 4.15. The zero-order valence-corrected chi connectivity index (χ0v) is 16.9. The molecule has 0 radical (unpaired) electrons. The molecule has 1 fully saturated rings. The van der Waals surface area contributed by atoms with Crippen LogP contribution in [0.2, 0.25) is 0 Å². The monoisotopic (exact) mass is 401 g/mol. The molecule has 30 heavy (non-hydrogen) atoms. The Labute approximate surface area is 175 Å². The van der Waals surface area contributed by atoms with Gasteiger partial charge in [-0.3, -0.25) is 4.79 Å². The fourth-order valence-electron chi connectivity index (χ4n) is 3.99. The van der Waals surface area contributed by atoms with Crippen LogP contribution in [0.3, 0.4) is 0 Å². The van der Waals surface area contributed by atoms with E-state index in [-0.39, 0.29) is 11.8 Å². The zero-order chi connectivity index (χ0) is 20.5. The molecule has 1 amide bonds. The molecule has 0 aliphatic carbocycles. The fraction of sp³-hybridized carbons (Fsp3) is 0.292. The van der Waals surface area contributed by atoms with E-state index >= 15 is 0 Å². The summed E-state index contributed by atoms with van der Waals surface area (Å²) in [5.74, 6) is 2.33. The molecular weight excluding hydrogens is 378 g/mol. The van der Waals surface area contributed by atoms with Gasteiger partial charge in [0.25, 0.3) is 5.91 Å². The number of piperidine rings is 1. The second-order valence-corrected chi connectivity index (χ2v) is 7.88. The molecule has 1 aromatic heterocycles. The first-order valence-electron chi connectivity index (χ1n) is 10.3. The quantitative estimate of drug-likeness (QED) is 0.657. The number of aromatic nitrogens is 2. The van der Waals surface area contributed by atoms with Gasteiger partial charge in [0.05, 0.1) is 5.57 Å². The third kappa shape index (κ3) is 3.61. The molecule has 2 aliphatic rings. The predicted octanol–water partition coefficient (Wildman–Crippen LogP) is 4.23. The molecule has 0 bridgehead atoms. The van der Waals surface area contributed by atoms with Crippen molar-refractivity contribution in [3.05, 3.63) is 71.1 Å². The molecule has 2 aromatic carbocycles. The number of amides is 1. The van der Waals surface area contributed by atoms with Crippen molar-refractivity contribution in [3.63, 3.8) is 0 Å². The summed E-state index contributed by atoms with van der Waals surface area (Å²) in [4.78, 5) is 19.5. The van der Waals surface area contributed by atoms with Gasteiger partial charge in [-0.25, -0.2) is 0 Å². The van der Waals surface area contributed by atoms with Crippen molar-refractivity contribution in [2.45, 2.75) is 25.7 Å². The van der Waals surface area contributed by atoms with Crippen LogP contribution < -0.4 is 4.74 Å². The highest BCUT2D eigenvalue weighted by molar-refractivity contribution is 5.99. The van der Waals surface area contributed by atoms with Gasteiger partial charge in [0.1, 0.15) is 12.4 Å². The number of aryl methyl sites for hydroxylation is 1. The second-order valence-electron chi connectivity index (χ2n) is 7.88. The molecule has 0 atom stereocenters. The Morgan fingerprint density at radius 1 is 1.07 bits per heavy atom. The number of carbonyl (C=O) groups is 1. The Kier molecular flexibility index (Phi) is 4.83. The van der Waals surface area contributed by atoms with Crippen LogP contribution in [-0.2, 0) is 4.79 Å². The van der Waals surface area contributed by atoms with E-state index < -0.39 is 0 Å². The molecule has 0 spiro atoms. The minimum Gasteiger partial charge on any atom is -0.488 e. The lowest BCUT2D eigenvalue weighted by molar-refractivity contribution is -0.128. The van der Waals surface area contributed by atoms with Gasteiger partial charge >= 0.3 is 0 Å². The normalized spacial score (nSPS) is 16.6. The summed E-state index contributed by atoms with van der Waals surface area (Å²) in [5.41, 5.74) is 3.80. The van der Waals surface area contributed by atoms with Crippen molar-refractivity contribution in [1.82, 2.24) is 15.0 Å². The maximum absolute atomic E-state index is 12.9. The molecule has 2 aliphatic heterocycles. The van der Waals surface area contributed by atoms with E-state index in [0.717, 1.165) is 29.7 Å². The number of rotatable bonds is 3. The minimum absolute atomic E-state index is 0.0498. The Bertz CT molecular complexity index is 1090. The molecule has 5 rings (SSSR count). The minimum atomic E-state index is 0.0498.